The van der Waals surface area contributed by atoms with Gasteiger partial charge in [0.05, 0.1) is 99.9 Å². The molecule has 0 aliphatic carbocycles. The zero-order valence-electron chi connectivity index (χ0n) is 48.5. The third-order valence-electron chi connectivity index (χ3n) is 15.7. The molecule has 0 radical (unpaired) electrons. The van der Waals surface area contributed by atoms with E-state index in [1.54, 1.807) is 69.8 Å². The van der Waals surface area contributed by atoms with E-state index in [9.17, 15) is 14.4 Å². The number of aryl methyl sites for hydroxylation is 1. The number of aromatic nitrogens is 4. The molecule has 444 valence electrons. The largest absolute Gasteiger partial charge is 0.497 e. The Hall–Kier alpha value is -8.65. The summed E-state index contributed by atoms with van der Waals surface area (Å²) in [5.41, 5.74) is 11.9. The number of hydrogen-bond donors (Lipinski definition) is 1. The number of halogens is 2. The van der Waals surface area contributed by atoms with Gasteiger partial charge in [0.1, 0.15) is 35.7 Å². The molecule has 0 spiro atoms. The Morgan fingerprint density at radius 2 is 1.67 bits per heavy atom. The minimum absolute atomic E-state index is 0.0139. The van der Waals surface area contributed by atoms with Crippen molar-refractivity contribution in [3.63, 3.8) is 0 Å². The smallest absolute Gasteiger partial charge is 0.326 e. The standard InChI is InChI=1S/C62H69ClFN13O8/c1-38(2)85-51-34-46(82-7)18-19-47(51)59-69-55(40-12-10-39(3)11-13-40)56(41-14-16-44(63)17-15-41)77(59)62(81)74-24-23-73(53(79)37-74)26-28-84-30-29-83-27-20-52(78)71(5)22-25-76-50-36-72(6)61(80)43-31-42(32-45(64)33-43)49-9-8-21-75(49)60-57(65)67-35-48(68-60)54(50)58(66-4)70-76/h10-19,31-35,38,49,55-56H,8-9,20-30,36-37H2,1-3,5-7H3,(H2,65,67)/t49-,55+,56-/m1/s1. The molecule has 10 rings (SSSR count). The summed E-state index contributed by atoms with van der Waals surface area (Å²) in [6, 6.07) is 23.5. The van der Waals surface area contributed by atoms with Crippen molar-refractivity contribution >= 4 is 58.6 Å². The van der Waals surface area contributed by atoms with Gasteiger partial charge in [0.15, 0.2) is 11.6 Å². The Kier molecular flexibility index (Phi) is 18.3. The van der Waals surface area contributed by atoms with Crippen molar-refractivity contribution < 1.29 is 42.5 Å². The number of amides is 5. The Labute approximate surface area is 498 Å². The lowest BCUT2D eigenvalue weighted by molar-refractivity contribution is -0.135. The van der Waals surface area contributed by atoms with Crippen molar-refractivity contribution in [3.05, 3.63) is 152 Å². The monoisotopic (exact) mass is 1180 g/mol. The SMILES string of the molecule is [C-]#[N+]c1nn(CCN(C)C(=O)CCOCCOCCN2CCN(C(=O)N3C(c4ccc(OC)cc4OC(C)C)=N[C@@H](c4ccc(C)cc4)[C@H]3c3ccc(Cl)cc3)CC2=O)c2c1-c1cnc(N)c(n1)N1CCC[C@@H]1c1cc(F)cc(c1)C(=O)N(C)C2. The highest BCUT2D eigenvalue weighted by molar-refractivity contribution is 6.30. The predicted octanol–water partition coefficient (Wildman–Crippen LogP) is 8.69. The third kappa shape index (κ3) is 13.0. The van der Waals surface area contributed by atoms with Crippen LogP contribution in [0.15, 0.2) is 96.1 Å². The lowest BCUT2D eigenvalue weighted by atomic mass is 9.93. The van der Waals surface area contributed by atoms with E-state index in [1.807, 2.05) is 74.2 Å². The molecule has 23 heteroatoms. The van der Waals surface area contributed by atoms with E-state index in [4.69, 9.17) is 52.8 Å². The molecule has 4 bridgehead atoms. The fraction of sp³-hybridized carbons (Fsp3) is 0.403. The number of methoxy groups -OCH3 is 1. The summed E-state index contributed by atoms with van der Waals surface area (Å²) in [5.74, 6) is 0.741. The topological polar surface area (TPSA) is 211 Å². The maximum absolute atomic E-state index is 15.2. The molecule has 2 saturated heterocycles. The van der Waals surface area contributed by atoms with E-state index >= 15 is 9.18 Å². The van der Waals surface area contributed by atoms with Crippen molar-refractivity contribution in [3.8, 4) is 22.8 Å². The van der Waals surface area contributed by atoms with E-state index in [-0.39, 0.29) is 119 Å². The fourth-order valence-electron chi connectivity index (χ4n) is 11.3. The quantitative estimate of drug-likeness (QED) is 0.0631. The number of fused-ring (bicyclic) bond motifs is 9. The number of rotatable bonds is 18. The van der Waals surface area contributed by atoms with Gasteiger partial charge in [-0.05, 0) is 97.9 Å². The molecular weight excluding hydrogens is 1110 g/mol. The number of ether oxygens (including phenoxy) is 4. The number of carbonyl (C=O) groups is 4. The van der Waals surface area contributed by atoms with Crippen LogP contribution < -0.4 is 20.1 Å². The maximum atomic E-state index is 15.2. The van der Waals surface area contributed by atoms with Gasteiger partial charge in [-0.3, -0.25) is 24.3 Å². The number of nitrogen functional groups attached to an aromatic ring is 1. The summed E-state index contributed by atoms with van der Waals surface area (Å²) in [7, 11) is 4.85. The first-order chi connectivity index (χ1) is 41.0. The molecule has 21 nitrogen and oxygen atoms in total. The first-order valence-corrected chi connectivity index (χ1v) is 28.8. The van der Waals surface area contributed by atoms with Crippen LogP contribution in [0.25, 0.3) is 16.1 Å². The third-order valence-corrected chi connectivity index (χ3v) is 15.9. The van der Waals surface area contributed by atoms with Crippen LogP contribution in [0, 0.1) is 19.3 Å². The minimum atomic E-state index is -0.600. The number of nitrogens with zero attached hydrogens (tertiary/aromatic N) is 12. The van der Waals surface area contributed by atoms with Crippen LogP contribution in [-0.4, -0.2) is 167 Å². The average Bonchev–Trinajstić information content (AvgIpc) is 2.49. The van der Waals surface area contributed by atoms with Gasteiger partial charge in [-0.15, -0.1) is 0 Å². The predicted molar refractivity (Wildman–Crippen MR) is 318 cm³/mol. The number of nitrogens with two attached hydrogens (primary N) is 1. The van der Waals surface area contributed by atoms with Gasteiger partial charge in [-0.1, -0.05) is 60.1 Å². The van der Waals surface area contributed by atoms with Gasteiger partial charge in [-0.25, -0.2) is 19.2 Å². The van der Waals surface area contributed by atoms with Crippen LogP contribution >= 0.6 is 11.6 Å². The molecule has 2 aromatic heterocycles. The summed E-state index contributed by atoms with van der Waals surface area (Å²) in [5, 5.41) is 5.19. The van der Waals surface area contributed by atoms with Gasteiger partial charge >= 0.3 is 11.8 Å². The van der Waals surface area contributed by atoms with Crippen LogP contribution in [-0.2, 0) is 32.2 Å². The van der Waals surface area contributed by atoms with Crippen LogP contribution in [0.4, 0.5) is 26.6 Å². The van der Waals surface area contributed by atoms with E-state index in [2.05, 4.69) is 14.9 Å². The van der Waals surface area contributed by atoms with Crippen molar-refractivity contribution in [2.45, 2.75) is 77.4 Å². The van der Waals surface area contributed by atoms with Crippen LogP contribution in [0.3, 0.4) is 0 Å². The highest BCUT2D eigenvalue weighted by atomic mass is 35.5. The van der Waals surface area contributed by atoms with Crippen molar-refractivity contribution in [2.75, 3.05) is 97.5 Å². The highest BCUT2D eigenvalue weighted by Gasteiger charge is 2.46. The summed E-state index contributed by atoms with van der Waals surface area (Å²) >= 11 is 6.41. The zero-order valence-corrected chi connectivity index (χ0v) is 49.3. The molecule has 4 aliphatic heterocycles. The number of benzene rings is 4. The summed E-state index contributed by atoms with van der Waals surface area (Å²) in [4.78, 5) is 84.7. The molecule has 6 heterocycles. The molecule has 4 aliphatic rings. The van der Waals surface area contributed by atoms with Crippen molar-refractivity contribution in [2.24, 2.45) is 4.99 Å². The van der Waals surface area contributed by atoms with E-state index in [0.717, 1.165) is 23.1 Å². The number of urea groups is 1. The van der Waals surface area contributed by atoms with Crippen LogP contribution in [0.1, 0.15) is 95.1 Å². The number of anilines is 2. The van der Waals surface area contributed by atoms with Gasteiger partial charge in [0, 0.05) is 63.5 Å². The van der Waals surface area contributed by atoms with Crippen LogP contribution in [0.5, 0.6) is 11.5 Å². The van der Waals surface area contributed by atoms with E-state index in [0.29, 0.717) is 75.8 Å². The second-order valence-corrected chi connectivity index (χ2v) is 22.2. The van der Waals surface area contributed by atoms with Crippen LogP contribution in [0.2, 0.25) is 5.02 Å². The number of aliphatic imine (C=N–C) groups is 1. The van der Waals surface area contributed by atoms with Gasteiger partial charge < -0.3 is 54.0 Å². The number of hydrogen-bond acceptors (Lipinski definition) is 14. The lowest BCUT2D eigenvalue weighted by Crippen LogP contribution is -2.56. The number of amidine groups is 1. The highest BCUT2D eigenvalue weighted by Crippen LogP contribution is 2.47. The number of carbonyl (C=O) groups excluding carboxylic acids is 4. The molecule has 6 aromatic rings. The minimum Gasteiger partial charge on any atom is -0.497 e. The zero-order chi connectivity index (χ0) is 60.1. The fourth-order valence-corrected chi connectivity index (χ4v) is 11.4. The summed E-state index contributed by atoms with van der Waals surface area (Å²) in [6.07, 6.45) is 2.84. The summed E-state index contributed by atoms with van der Waals surface area (Å²) in [6.45, 7) is 16.4. The second-order valence-electron chi connectivity index (χ2n) is 21.8. The Morgan fingerprint density at radius 3 is 2.40 bits per heavy atom. The molecule has 0 saturated carbocycles. The molecule has 4 aromatic carbocycles. The Balaban J connectivity index is 0.726. The first kappa shape index (κ1) is 59.5. The second kappa shape index (κ2) is 26.1. The van der Waals surface area contributed by atoms with Gasteiger partial charge in [0.25, 0.3) is 5.91 Å². The van der Waals surface area contributed by atoms with Crippen molar-refractivity contribution in [1.29, 1.82) is 0 Å². The first-order valence-electron chi connectivity index (χ1n) is 28.4. The summed E-state index contributed by atoms with van der Waals surface area (Å²) < 4.78 is 40.4. The average molecular weight is 1180 g/mol. The molecule has 0 unspecified atom stereocenters. The molecule has 3 atom stereocenters. The molecular formula is C62H69ClFN13O8. The maximum Gasteiger partial charge on any atom is 0.326 e. The van der Waals surface area contributed by atoms with Crippen molar-refractivity contribution in [1.82, 2.24) is 44.2 Å². The molecule has 2 fully saturated rings. The molecule has 85 heavy (non-hydrogen) atoms. The van der Waals surface area contributed by atoms with Gasteiger partial charge in [-0.2, -0.15) is 4.68 Å². The van der Waals surface area contributed by atoms with E-state index in [1.165, 1.54) is 23.2 Å². The number of likely N-dealkylation sites (N-methyl/N-ethyl adjacent to an activating group) is 1. The normalized spacial score (nSPS) is 17.7. The number of piperazine rings is 1. The Morgan fingerprint density at radius 1 is 0.918 bits per heavy atom. The Bertz CT molecular complexity index is 3540. The molecule has 2 N–H and O–H groups in total. The lowest BCUT2D eigenvalue weighted by Gasteiger charge is -2.38. The molecule has 5 amide bonds. The van der Waals surface area contributed by atoms with Gasteiger partial charge in [0.2, 0.25) is 11.8 Å². The van der Waals surface area contributed by atoms with E-state index < -0.39 is 23.8 Å².